The van der Waals surface area contributed by atoms with Crippen LogP contribution in [0.3, 0.4) is 0 Å². The monoisotopic (exact) mass is 303 g/mol. The van der Waals surface area contributed by atoms with E-state index < -0.39 is 0 Å². The number of methoxy groups -OCH3 is 1. The van der Waals surface area contributed by atoms with Gasteiger partial charge < -0.3 is 14.3 Å². The minimum absolute atomic E-state index is 0.0787. The first-order valence-electron chi connectivity index (χ1n) is 6.54. The molecule has 4 nitrogen and oxygen atoms in total. The number of aliphatic hydroxyl groups is 1. The molecule has 0 aliphatic heterocycles. The van der Waals surface area contributed by atoms with Crippen LogP contribution >= 0.6 is 11.8 Å². The molecule has 2 aromatic rings. The Hall–Kier alpha value is -1.90. The standard InChI is InChI=1S/C16H17NO3S/c1-12-10-20-16(17-12)21-11-14-9-13(5-3-4-8-18)6-7-15(14)19-2/h6-7,9-10,18H,4,8,11H2,1-2H3. The second kappa shape index (κ2) is 7.77. The molecule has 0 amide bonds. The Kier molecular flexibility index (Phi) is 5.73. The Morgan fingerprint density at radius 2 is 2.29 bits per heavy atom. The van der Waals surface area contributed by atoms with Crippen LogP contribution in [0.25, 0.3) is 0 Å². The second-order valence-corrected chi connectivity index (χ2v) is 5.27. The molecule has 1 aromatic carbocycles. The van der Waals surface area contributed by atoms with Gasteiger partial charge in [-0.1, -0.05) is 23.6 Å². The van der Waals surface area contributed by atoms with Gasteiger partial charge in [-0.25, -0.2) is 4.98 Å². The molecule has 0 saturated heterocycles. The maximum absolute atomic E-state index is 8.75. The van der Waals surface area contributed by atoms with Crippen molar-refractivity contribution in [1.82, 2.24) is 4.98 Å². The number of thioether (sulfide) groups is 1. The van der Waals surface area contributed by atoms with Crippen molar-refractivity contribution in [3.63, 3.8) is 0 Å². The number of nitrogens with zero attached hydrogens (tertiary/aromatic N) is 1. The molecule has 0 saturated carbocycles. The zero-order valence-electron chi connectivity index (χ0n) is 12.0. The third-order valence-corrected chi connectivity index (χ3v) is 3.59. The summed E-state index contributed by atoms with van der Waals surface area (Å²) in [5, 5.41) is 9.39. The summed E-state index contributed by atoms with van der Waals surface area (Å²) < 4.78 is 10.7. The molecule has 0 aliphatic rings. The number of hydrogen-bond acceptors (Lipinski definition) is 5. The average Bonchev–Trinajstić information content (AvgIpc) is 2.91. The highest BCUT2D eigenvalue weighted by molar-refractivity contribution is 7.98. The lowest BCUT2D eigenvalue weighted by atomic mass is 10.1. The number of aryl methyl sites for hydroxylation is 1. The van der Waals surface area contributed by atoms with Gasteiger partial charge in [-0.05, 0) is 25.1 Å². The lowest BCUT2D eigenvalue weighted by Crippen LogP contribution is -1.92. The largest absolute Gasteiger partial charge is 0.496 e. The van der Waals surface area contributed by atoms with Crippen LogP contribution in [0, 0.1) is 18.8 Å². The van der Waals surface area contributed by atoms with Gasteiger partial charge in [0.25, 0.3) is 5.22 Å². The van der Waals surface area contributed by atoms with Gasteiger partial charge in [0.05, 0.1) is 19.4 Å². The Balaban J connectivity index is 2.12. The van der Waals surface area contributed by atoms with Crippen LogP contribution in [-0.2, 0) is 5.75 Å². The number of ether oxygens (including phenoxy) is 1. The average molecular weight is 303 g/mol. The molecular formula is C16H17NO3S. The molecule has 1 N–H and O–H groups in total. The smallest absolute Gasteiger partial charge is 0.256 e. The lowest BCUT2D eigenvalue weighted by Gasteiger charge is -2.07. The van der Waals surface area contributed by atoms with E-state index in [9.17, 15) is 0 Å². The minimum atomic E-state index is 0.0787. The molecule has 110 valence electrons. The summed E-state index contributed by atoms with van der Waals surface area (Å²) in [6.45, 7) is 1.97. The maximum atomic E-state index is 8.75. The molecule has 0 spiro atoms. The van der Waals surface area contributed by atoms with Crippen molar-refractivity contribution in [1.29, 1.82) is 0 Å². The molecule has 0 bridgehead atoms. The molecule has 2 rings (SSSR count). The number of hydrogen-bond donors (Lipinski definition) is 1. The molecule has 0 unspecified atom stereocenters. The first kappa shape index (κ1) is 15.5. The third-order valence-electron chi connectivity index (χ3n) is 2.70. The first-order chi connectivity index (χ1) is 10.2. The summed E-state index contributed by atoms with van der Waals surface area (Å²) in [7, 11) is 1.65. The van der Waals surface area contributed by atoms with E-state index >= 15 is 0 Å². The van der Waals surface area contributed by atoms with Crippen LogP contribution in [-0.4, -0.2) is 23.8 Å². The Bertz CT molecular complexity index is 655. The van der Waals surface area contributed by atoms with Gasteiger partial charge in [0.1, 0.15) is 12.0 Å². The molecule has 0 radical (unpaired) electrons. The summed E-state index contributed by atoms with van der Waals surface area (Å²) in [4.78, 5) is 4.26. The predicted octanol–water partition coefficient (Wildman–Crippen LogP) is 3.02. The van der Waals surface area contributed by atoms with Crippen molar-refractivity contribution >= 4 is 11.8 Å². The van der Waals surface area contributed by atoms with Gasteiger partial charge in [-0.15, -0.1) is 0 Å². The molecule has 5 heteroatoms. The highest BCUT2D eigenvalue weighted by atomic mass is 32.2. The van der Waals surface area contributed by atoms with Gasteiger partial charge in [0.15, 0.2) is 0 Å². The second-order valence-electron chi connectivity index (χ2n) is 4.35. The highest BCUT2D eigenvalue weighted by Gasteiger charge is 2.07. The summed E-state index contributed by atoms with van der Waals surface area (Å²) in [6, 6.07) is 5.80. The van der Waals surface area contributed by atoms with Gasteiger partial charge in [0, 0.05) is 23.3 Å². The number of oxazole rings is 1. The van der Waals surface area contributed by atoms with Crippen molar-refractivity contribution < 1.29 is 14.3 Å². The fourth-order valence-corrected chi connectivity index (χ4v) is 2.56. The maximum Gasteiger partial charge on any atom is 0.256 e. The Labute approximate surface area is 128 Å². The number of aliphatic hydroxyl groups excluding tert-OH is 1. The van der Waals surface area contributed by atoms with Crippen molar-refractivity contribution in [3.8, 4) is 17.6 Å². The van der Waals surface area contributed by atoms with E-state index in [-0.39, 0.29) is 6.61 Å². The van der Waals surface area contributed by atoms with Crippen molar-refractivity contribution in [2.75, 3.05) is 13.7 Å². The molecule has 21 heavy (non-hydrogen) atoms. The highest BCUT2D eigenvalue weighted by Crippen LogP contribution is 2.28. The normalized spacial score (nSPS) is 10.0. The van der Waals surface area contributed by atoms with Crippen LogP contribution in [0.2, 0.25) is 0 Å². The summed E-state index contributed by atoms with van der Waals surface area (Å²) in [5.41, 5.74) is 2.81. The lowest BCUT2D eigenvalue weighted by molar-refractivity contribution is 0.305. The molecule has 1 aromatic heterocycles. The summed E-state index contributed by atoms with van der Waals surface area (Å²) >= 11 is 1.51. The van der Waals surface area contributed by atoms with Gasteiger partial charge >= 0.3 is 0 Å². The fourth-order valence-electron chi connectivity index (χ4n) is 1.73. The van der Waals surface area contributed by atoms with E-state index in [4.69, 9.17) is 14.3 Å². The van der Waals surface area contributed by atoms with Crippen molar-refractivity contribution in [3.05, 3.63) is 41.3 Å². The van der Waals surface area contributed by atoms with E-state index in [0.29, 0.717) is 17.4 Å². The van der Waals surface area contributed by atoms with Gasteiger partial charge in [-0.3, -0.25) is 0 Å². The van der Waals surface area contributed by atoms with E-state index in [0.717, 1.165) is 22.6 Å². The van der Waals surface area contributed by atoms with Gasteiger partial charge in [-0.2, -0.15) is 0 Å². The van der Waals surface area contributed by atoms with Crippen molar-refractivity contribution in [2.24, 2.45) is 0 Å². The van der Waals surface area contributed by atoms with Gasteiger partial charge in [0.2, 0.25) is 0 Å². The van der Waals surface area contributed by atoms with Crippen LogP contribution in [0.15, 0.2) is 34.1 Å². The van der Waals surface area contributed by atoms with Crippen LogP contribution in [0.5, 0.6) is 5.75 Å². The molecular weight excluding hydrogens is 286 g/mol. The SMILES string of the molecule is COc1ccc(C#CCCO)cc1CSc1nc(C)co1. The number of aromatic nitrogens is 1. The third kappa shape index (κ3) is 4.55. The van der Waals surface area contributed by atoms with Crippen LogP contribution in [0.4, 0.5) is 0 Å². The molecule has 0 atom stereocenters. The molecule has 0 aliphatic carbocycles. The quantitative estimate of drug-likeness (QED) is 0.679. The topological polar surface area (TPSA) is 55.5 Å². The van der Waals surface area contributed by atoms with E-state index in [1.54, 1.807) is 13.4 Å². The predicted molar refractivity (Wildman–Crippen MR) is 82.4 cm³/mol. The fraction of sp³-hybridized carbons (Fsp3) is 0.312. The Morgan fingerprint density at radius 3 is 2.95 bits per heavy atom. The summed E-state index contributed by atoms with van der Waals surface area (Å²) in [6.07, 6.45) is 2.11. The number of rotatable bonds is 5. The Morgan fingerprint density at radius 1 is 1.43 bits per heavy atom. The zero-order valence-corrected chi connectivity index (χ0v) is 12.9. The van der Waals surface area contributed by atoms with Crippen LogP contribution < -0.4 is 4.74 Å². The minimum Gasteiger partial charge on any atom is -0.496 e. The number of benzene rings is 1. The van der Waals surface area contributed by atoms with Crippen molar-refractivity contribution in [2.45, 2.75) is 24.3 Å². The summed E-state index contributed by atoms with van der Waals surface area (Å²) in [5.74, 6) is 7.45. The molecule has 1 heterocycles. The zero-order chi connectivity index (χ0) is 15.1. The van der Waals surface area contributed by atoms with E-state index in [1.807, 2.05) is 25.1 Å². The molecule has 0 fully saturated rings. The van der Waals surface area contributed by atoms with Crippen LogP contribution in [0.1, 0.15) is 23.2 Å². The van der Waals surface area contributed by atoms with E-state index in [1.165, 1.54) is 11.8 Å². The first-order valence-corrected chi connectivity index (χ1v) is 7.53. The van der Waals surface area contributed by atoms with E-state index in [2.05, 4.69) is 16.8 Å².